The van der Waals surface area contributed by atoms with Crippen molar-refractivity contribution in [3.05, 3.63) is 22.1 Å². The van der Waals surface area contributed by atoms with Gasteiger partial charge in [0.15, 0.2) is 0 Å². The van der Waals surface area contributed by atoms with Gasteiger partial charge in [0, 0.05) is 0 Å². The molecule has 80 valence electrons. The maximum absolute atomic E-state index is 13.1. The molecule has 1 aromatic rings. The van der Waals surface area contributed by atoms with Gasteiger partial charge in [-0.05, 0) is 22.0 Å². The van der Waals surface area contributed by atoms with E-state index in [1.807, 2.05) is 0 Å². The molecule has 0 aliphatic heterocycles. The molecule has 0 amide bonds. The molecule has 8 heteroatoms. The van der Waals surface area contributed by atoms with Crippen LogP contribution in [0.4, 0.5) is 17.6 Å². The van der Waals surface area contributed by atoms with Crippen LogP contribution in [0.1, 0.15) is 5.56 Å². The molecular formula is C7HBrF4N2O. The number of rotatable bonds is 1. The quantitative estimate of drug-likeness (QED) is 0.588. The normalized spacial score (nSPS) is 10.9. The Morgan fingerprint density at radius 2 is 2.07 bits per heavy atom. The lowest BCUT2D eigenvalue weighted by atomic mass is 10.3. The SMILES string of the molecule is N#Cc1cc(Br)nc(OC(F)(F)F)c1F. The Bertz CT molecular complexity index is 426. The minimum Gasteiger partial charge on any atom is -0.385 e. The van der Waals surface area contributed by atoms with Crippen molar-refractivity contribution in [2.75, 3.05) is 0 Å². The monoisotopic (exact) mass is 284 g/mol. The first-order valence-corrected chi connectivity index (χ1v) is 4.14. The molecule has 1 rings (SSSR count). The van der Waals surface area contributed by atoms with Gasteiger partial charge < -0.3 is 4.74 Å². The smallest absolute Gasteiger partial charge is 0.385 e. The van der Waals surface area contributed by atoms with Crippen molar-refractivity contribution in [2.45, 2.75) is 6.36 Å². The number of hydrogen-bond donors (Lipinski definition) is 0. The molecule has 0 aliphatic carbocycles. The van der Waals surface area contributed by atoms with Crippen molar-refractivity contribution in [1.82, 2.24) is 4.98 Å². The standard InChI is InChI=1S/C7HBrF4N2O/c8-4-1-3(2-13)5(9)6(14-4)15-7(10,11)12/h1H. The van der Waals surface area contributed by atoms with Crippen LogP contribution in [0.2, 0.25) is 0 Å². The molecule has 0 N–H and O–H groups in total. The van der Waals surface area contributed by atoms with Gasteiger partial charge in [-0.2, -0.15) is 9.65 Å². The molecule has 3 nitrogen and oxygen atoms in total. The van der Waals surface area contributed by atoms with E-state index in [1.54, 1.807) is 0 Å². The third-order valence-electron chi connectivity index (χ3n) is 1.23. The topological polar surface area (TPSA) is 45.9 Å². The summed E-state index contributed by atoms with van der Waals surface area (Å²) in [5, 5.41) is 8.39. The molecule has 0 saturated carbocycles. The second kappa shape index (κ2) is 4.02. The second-order valence-corrected chi connectivity index (χ2v) is 3.08. The van der Waals surface area contributed by atoms with Gasteiger partial charge >= 0.3 is 6.36 Å². The van der Waals surface area contributed by atoms with Gasteiger partial charge in [0.05, 0.1) is 5.56 Å². The first kappa shape index (κ1) is 11.7. The number of alkyl halides is 3. The fourth-order valence-electron chi connectivity index (χ4n) is 0.735. The number of aromatic nitrogens is 1. The molecule has 0 fully saturated rings. The van der Waals surface area contributed by atoms with Gasteiger partial charge in [-0.3, -0.25) is 0 Å². The van der Waals surface area contributed by atoms with E-state index in [0.29, 0.717) is 0 Å². The highest BCUT2D eigenvalue weighted by atomic mass is 79.9. The maximum atomic E-state index is 13.1. The zero-order chi connectivity index (χ0) is 11.6. The zero-order valence-corrected chi connectivity index (χ0v) is 8.36. The first-order chi connectivity index (χ1) is 6.83. The molecule has 0 saturated heterocycles. The number of nitriles is 1. The minimum absolute atomic E-state index is 0.125. The summed E-state index contributed by atoms with van der Waals surface area (Å²) in [5.41, 5.74) is -0.587. The van der Waals surface area contributed by atoms with Crippen molar-refractivity contribution in [1.29, 1.82) is 5.26 Å². The Hall–Kier alpha value is -1.36. The van der Waals surface area contributed by atoms with E-state index in [2.05, 4.69) is 25.7 Å². The third-order valence-corrected chi connectivity index (χ3v) is 1.64. The lowest BCUT2D eigenvalue weighted by molar-refractivity contribution is -0.277. The Labute approximate surface area is 89.4 Å². The van der Waals surface area contributed by atoms with Crippen molar-refractivity contribution in [3.63, 3.8) is 0 Å². The Morgan fingerprint density at radius 3 is 2.53 bits per heavy atom. The molecule has 1 heterocycles. The van der Waals surface area contributed by atoms with Gasteiger partial charge in [0.25, 0.3) is 5.88 Å². The van der Waals surface area contributed by atoms with Crippen LogP contribution in [-0.2, 0) is 0 Å². The van der Waals surface area contributed by atoms with Crippen LogP contribution in [0.5, 0.6) is 5.88 Å². The minimum atomic E-state index is -5.05. The molecule has 0 atom stereocenters. The average Bonchev–Trinajstić information content (AvgIpc) is 2.08. The fourth-order valence-corrected chi connectivity index (χ4v) is 1.12. The molecule has 1 aromatic heterocycles. The highest BCUT2D eigenvalue weighted by Gasteiger charge is 2.34. The summed E-state index contributed by atoms with van der Waals surface area (Å²) in [6.07, 6.45) is -5.05. The largest absolute Gasteiger partial charge is 0.574 e. The second-order valence-electron chi connectivity index (χ2n) is 2.27. The van der Waals surface area contributed by atoms with Gasteiger partial charge in [-0.1, -0.05) is 0 Å². The van der Waals surface area contributed by atoms with E-state index < -0.39 is 23.6 Å². The molecular weight excluding hydrogens is 284 g/mol. The van der Waals surface area contributed by atoms with Crippen molar-refractivity contribution in [2.24, 2.45) is 0 Å². The summed E-state index contributed by atoms with van der Waals surface area (Å²) in [7, 11) is 0. The van der Waals surface area contributed by atoms with Crippen LogP contribution in [-0.4, -0.2) is 11.3 Å². The number of halogens is 5. The van der Waals surface area contributed by atoms with E-state index >= 15 is 0 Å². The summed E-state index contributed by atoms with van der Waals surface area (Å²) >= 11 is 2.72. The predicted molar refractivity (Wildman–Crippen MR) is 43.3 cm³/mol. The predicted octanol–water partition coefficient (Wildman–Crippen LogP) is 2.75. The van der Waals surface area contributed by atoms with E-state index in [-0.39, 0.29) is 4.60 Å². The van der Waals surface area contributed by atoms with Crippen molar-refractivity contribution >= 4 is 15.9 Å². The number of pyridine rings is 1. The summed E-state index contributed by atoms with van der Waals surface area (Å²) in [6.45, 7) is 0. The molecule has 0 aliphatic rings. The molecule has 0 unspecified atom stereocenters. The molecule has 0 radical (unpaired) electrons. The Kier molecular flexibility index (Phi) is 3.14. The average molecular weight is 285 g/mol. The number of nitrogens with zero attached hydrogens (tertiary/aromatic N) is 2. The Balaban J connectivity index is 3.20. The number of ether oxygens (including phenoxy) is 1. The lowest BCUT2D eigenvalue weighted by Crippen LogP contribution is -2.19. The van der Waals surface area contributed by atoms with Gasteiger partial charge in [-0.15, -0.1) is 13.2 Å². The van der Waals surface area contributed by atoms with E-state index in [9.17, 15) is 17.6 Å². The highest BCUT2D eigenvalue weighted by molar-refractivity contribution is 9.10. The summed E-state index contributed by atoms with van der Waals surface area (Å²) in [4.78, 5) is 3.12. The lowest BCUT2D eigenvalue weighted by Gasteiger charge is -2.09. The summed E-state index contributed by atoms with van der Waals surface area (Å²) in [6, 6.07) is 2.31. The van der Waals surface area contributed by atoms with Crippen molar-refractivity contribution < 1.29 is 22.3 Å². The summed E-state index contributed by atoms with van der Waals surface area (Å²) in [5.74, 6) is -2.73. The van der Waals surface area contributed by atoms with E-state index in [1.165, 1.54) is 6.07 Å². The number of hydrogen-bond acceptors (Lipinski definition) is 3. The van der Waals surface area contributed by atoms with Crippen LogP contribution < -0.4 is 4.74 Å². The zero-order valence-electron chi connectivity index (χ0n) is 6.77. The van der Waals surface area contributed by atoms with E-state index in [4.69, 9.17) is 5.26 Å². The van der Waals surface area contributed by atoms with Gasteiger partial charge in [-0.25, -0.2) is 4.98 Å². The summed E-state index contributed by atoms with van der Waals surface area (Å²) < 4.78 is 51.5. The molecule has 0 aromatic carbocycles. The highest BCUT2D eigenvalue weighted by Crippen LogP contribution is 2.27. The van der Waals surface area contributed by atoms with Gasteiger partial charge in [0.1, 0.15) is 10.7 Å². The van der Waals surface area contributed by atoms with Crippen LogP contribution in [0, 0.1) is 17.1 Å². The van der Waals surface area contributed by atoms with Crippen LogP contribution in [0.3, 0.4) is 0 Å². The molecule has 0 bridgehead atoms. The Morgan fingerprint density at radius 1 is 1.47 bits per heavy atom. The molecule has 0 spiro atoms. The fraction of sp³-hybridized carbons (Fsp3) is 0.143. The van der Waals surface area contributed by atoms with Crippen LogP contribution >= 0.6 is 15.9 Å². The van der Waals surface area contributed by atoms with Crippen LogP contribution in [0.25, 0.3) is 0 Å². The van der Waals surface area contributed by atoms with Gasteiger partial charge in [0.2, 0.25) is 5.82 Å². The first-order valence-electron chi connectivity index (χ1n) is 3.35. The third kappa shape index (κ3) is 3.06. The van der Waals surface area contributed by atoms with E-state index in [0.717, 1.165) is 6.07 Å². The van der Waals surface area contributed by atoms with Crippen molar-refractivity contribution in [3.8, 4) is 11.9 Å². The maximum Gasteiger partial charge on any atom is 0.574 e. The van der Waals surface area contributed by atoms with Crippen LogP contribution in [0.15, 0.2) is 10.7 Å². The molecule has 15 heavy (non-hydrogen) atoms.